The molecule has 1 N–H and O–H groups in total. The third-order valence-electron chi connectivity index (χ3n) is 7.34. The van der Waals surface area contributed by atoms with Crippen LogP contribution in [0.1, 0.15) is 6.42 Å². The third kappa shape index (κ3) is 4.35. The van der Waals surface area contributed by atoms with Crippen LogP contribution in [0.15, 0.2) is 42.5 Å². The molecule has 192 valence electrons. The molecular formula is C27H31F3N4O2. The van der Waals surface area contributed by atoms with E-state index in [0.717, 1.165) is 17.9 Å². The van der Waals surface area contributed by atoms with Crippen LogP contribution in [0.3, 0.4) is 0 Å². The number of pyridine rings is 1. The van der Waals surface area contributed by atoms with Crippen LogP contribution in [-0.2, 0) is 0 Å². The Morgan fingerprint density at radius 3 is 2.53 bits per heavy atom. The summed E-state index contributed by atoms with van der Waals surface area (Å²) in [5.74, 6) is -2.45. The number of likely N-dealkylation sites (tertiary alicyclic amines) is 1. The van der Waals surface area contributed by atoms with Crippen molar-refractivity contribution < 1.29 is 22.6 Å². The second-order valence-corrected chi connectivity index (χ2v) is 9.84. The number of hydrogen-bond acceptors (Lipinski definition) is 6. The summed E-state index contributed by atoms with van der Waals surface area (Å²) in [5, 5.41) is 3.62. The van der Waals surface area contributed by atoms with E-state index in [2.05, 4.69) is 5.32 Å². The van der Waals surface area contributed by atoms with Crippen LogP contribution in [0.2, 0.25) is 0 Å². The van der Waals surface area contributed by atoms with Gasteiger partial charge in [-0.15, -0.1) is 0 Å². The first-order valence-corrected chi connectivity index (χ1v) is 12.1. The SMILES string of the molecule is CNCCOc1ccc(-c2cc(N3CCC4(CN(C)CC4(F)F)C3)c3cc(F)c(OC)cc3n2)cc1. The van der Waals surface area contributed by atoms with Gasteiger partial charge in [0.2, 0.25) is 0 Å². The summed E-state index contributed by atoms with van der Waals surface area (Å²) in [4.78, 5) is 8.44. The summed E-state index contributed by atoms with van der Waals surface area (Å²) in [6.45, 7) is 2.06. The Hall–Kier alpha value is -3.04. The summed E-state index contributed by atoms with van der Waals surface area (Å²) >= 11 is 0. The predicted octanol–water partition coefficient (Wildman–Crippen LogP) is 4.42. The summed E-state index contributed by atoms with van der Waals surface area (Å²) in [7, 11) is 5.01. The molecule has 0 aliphatic carbocycles. The molecule has 0 saturated carbocycles. The zero-order valence-electron chi connectivity index (χ0n) is 20.8. The van der Waals surface area contributed by atoms with E-state index in [1.54, 1.807) is 18.0 Å². The Balaban J connectivity index is 1.54. The Labute approximate surface area is 209 Å². The van der Waals surface area contributed by atoms with Crippen LogP contribution < -0.4 is 19.7 Å². The van der Waals surface area contributed by atoms with Crippen molar-refractivity contribution in [3.63, 3.8) is 0 Å². The maximum absolute atomic E-state index is 15.0. The molecule has 2 saturated heterocycles. The van der Waals surface area contributed by atoms with Gasteiger partial charge in [-0.1, -0.05) is 0 Å². The van der Waals surface area contributed by atoms with Crippen molar-refractivity contribution in [2.24, 2.45) is 5.41 Å². The zero-order valence-corrected chi connectivity index (χ0v) is 20.8. The molecule has 2 fully saturated rings. The number of likely N-dealkylation sites (N-methyl/N-ethyl adjacent to an activating group) is 1. The average molecular weight is 501 g/mol. The minimum Gasteiger partial charge on any atom is -0.494 e. The molecule has 6 nitrogen and oxygen atoms in total. The fourth-order valence-electron chi connectivity index (χ4n) is 5.47. The van der Waals surface area contributed by atoms with Crippen LogP contribution >= 0.6 is 0 Å². The highest BCUT2D eigenvalue weighted by Gasteiger charge is 2.61. The molecule has 1 aromatic heterocycles. The molecule has 0 bridgehead atoms. The third-order valence-corrected chi connectivity index (χ3v) is 7.34. The van der Waals surface area contributed by atoms with E-state index < -0.39 is 17.2 Å². The van der Waals surface area contributed by atoms with Gasteiger partial charge >= 0.3 is 0 Å². The molecule has 0 radical (unpaired) electrons. The number of aromatic nitrogens is 1. The standard InChI is InChI=1S/C27H31F3N4O2/c1-31-9-11-36-19-6-4-18(5-7-19)22-13-24(20-12-21(28)25(35-3)14-23(20)32-22)34-10-8-26(16-34)15-33(2)17-27(26,29)30/h4-7,12-14,31H,8-11,15-17H2,1-3H3. The molecule has 36 heavy (non-hydrogen) atoms. The fourth-order valence-corrected chi connectivity index (χ4v) is 5.47. The Kier molecular flexibility index (Phi) is 6.46. The molecule has 9 heteroatoms. The summed E-state index contributed by atoms with van der Waals surface area (Å²) in [6, 6.07) is 12.4. The first kappa shape index (κ1) is 24.6. The van der Waals surface area contributed by atoms with Gasteiger partial charge in [0.05, 0.1) is 30.3 Å². The zero-order chi connectivity index (χ0) is 25.5. The van der Waals surface area contributed by atoms with E-state index in [0.29, 0.717) is 48.4 Å². The highest BCUT2D eigenvalue weighted by molar-refractivity contribution is 5.95. The van der Waals surface area contributed by atoms with E-state index in [-0.39, 0.29) is 18.8 Å². The summed E-state index contributed by atoms with van der Waals surface area (Å²) in [6.07, 6.45) is 0.376. The van der Waals surface area contributed by atoms with Gasteiger partial charge in [0, 0.05) is 48.9 Å². The number of alkyl halides is 2. The molecule has 2 aromatic carbocycles. The van der Waals surface area contributed by atoms with Gasteiger partial charge in [-0.25, -0.2) is 18.2 Å². The summed E-state index contributed by atoms with van der Waals surface area (Å²) in [5.41, 5.74) is 1.65. The monoisotopic (exact) mass is 500 g/mol. The number of methoxy groups -OCH3 is 1. The van der Waals surface area contributed by atoms with Crippen LogP contribution in [-0.4, -0.2) is 76.3 Å². The lowest BCUT2D eigenvalue weighted by molar-refractivity contribution is -0.0735. The molecule has 0 amide bonds. The van der Waals surface area contributed by atoms with E-state index in [1.807, 2.05) is 42.3 Å². The number of benzene rings is 2. The lowest BCUT2D eigenvalue weighted by atomic mass is 9.83. The molecule has 1 spiro atoms. The number of ether oxygens (including phenoxy) is 2. The summed E-state index contributed by atoms with van der Waals surface area (Å²) < 4.78 is 55.7. The molecule has 5 rings (SSSR count). The molecule has 3 aromatic rings. The highest BCUT2D eigenvalue weighted by Crippen LogP contribution is 2.51. The van der Waals surface area contributed by atoms with Gasteiger partial charge < -0.3 is 19.7 Å². The number of hydrogen-bond donors (Lipinski definition) is 1. The van der Waals surface area contributed by atoms with Gasteiger partial charge in [-0.3, -0.25) is 4.90 Å². The van der Waals surface area contributed by atoms with E-state index >= 15 is 8.78 Å². The van der Waals surface area contributed by atoms with Crippen molar-refractivity contribution in [1.29, 1.82) is 0 Å². The van der Waals surface area contributed by atoms with Crippen LogP contribution in [0, 0.1) is 11.2 Å². The van der Waals surface area contributed by atoms with Crippen molar-refractivity contribution in [3.8, 4) is 22.8 Å². The normalized spacial score (nSPS) is 21.6. The van der Waals surface area contributed by atoms with Crippen molar-refractivity contribution in [2.75, 3.05) is 65.4 Å². The Bertz CT molecular complexity index is 1250. The quantitative estimate of drug-likeness (QED) is 0.485. The van der Waals surface area contributed by atoms with Gasteiger partial charge in [0.25, 0.3) is 5.92 Å². The van der Waals surface area contributed by atoms with Crippen molar-refractivity contribution in [3.05, 3.63) is 48.3 Å². The molecular weight excluding hydrogens is 469 g/mol. The number of nitrogens with one attached hydrogen (secondary N) is 1. The van der Waals surface area contributed by atoms with Crippen LogP contribution in [0.4, 0.5) is 18.9 Å². The fraction of sp³-hybridized carbons (Fsp3) is 0.444. The topological polar surface area (TPSA) is 49.9 Å². The van der Waals surface area contributed by atoms with E-state index in [9.17, 15) is 4.39 Å². The minimum atomic E-state index is -2.78. The Morgan fingerprint density at radius 2 is 1.86 bits per heavy atom. The highest BCUT2D eigenvalue weighted by atomic mass is 19.3. The number of rotatable bonds is 7. The average Bonchev–Trinajstić information content (AvgIpc) is 3.38. The molecule has 2 aliphatic heterocycles. The van der Waals surface area contributed by atoms with Crippen molar-refractivity contribution in [1.82, 2.24) is 15.2 Å². The Morgan fingerprint density at radius 1 is 1.08 bits per heavy atom. The number of anilines is 1. The van der Waals surface area contributed by atoms with Gasteiger partial charge in [-0.05, 0) is 56.9 Å². The maximum atomic E-state index is 15.0. The largest absolute Gasteiger partial charge is 0.494 e. The predicted molar refractivity (Wildman–Crippen MR) is 135 cm³/mol. The lowest BCUT2D eigenvalue weighted by Gasteiger charge is -2.30. The van der Waals surface area contributed by atoms with Gasteiger partial charge in [0.1, 0.15) is 12.4 Å². The second-order valence-electron chi connectivity index (χ2n) is 9.84. The molecule has 3 heterocycles. The number of halogens is 3. The van der Waals surface area contributed by atoms with Crippen molar-refractivity contribution in [2.45, 2.75) is 12.3 Å². The first-order chi connectivity index (χ1) is 17.2. The lowest BCUT2D eigenvalue weighted by Crippen LogP contribution is -2.42. The number of nitrogens with zero attached hydrogens (tertiary/aromatic N) is 3. The van der Waals surface area contributed by atoms with E-state index in [1.165, 1.54) is 13.2 Å². The van der Waals surface area contributed by atoms with Crippen molar-refractivity contribution >= 4 is 16.6 Å². The van der Waals surface area contributed by atoms with Gasteiger partial charge in [-0.2, -0.15) is 0 Å². The second kappa shape index (κ2) is 9.44. The van der Waals surface area contributed by atoms with Gasteiger partial charge in [0.15, 0.2) is 11.6 Å². The van der Waals surface area contributed by atoms with Crippen LogP contribution in [0.25, 0.3) is 22.2 Å². The van der Waals surface area contributed by atoms with E-state index in [4.69, 9.17) is 14.5 Å². The molecule has 1 atom stereocenters. The molecule has 2 aliphatic rings. The smallest absolute Gasteiger partial charge is 0.269 e. The maximum Gasteiger partial charge on any atom is 0.269 e. The minimum absolute atomic E-state index is 0.0909. The molecule has 1 unspecified atom stereocenters. The van der Waals surface area contributed by atoms with Crippen LogP contribution in [0.5, 0.6) is 11.5 Å². The number of fused-ring (bicyclic) bond motifs is 1. The first-order valence-electron chi connectivity index (χ1n) is 12.1.